The lowest BCUT2D eigenvalue weighted by Gasteiger charge is -2.08. The van der Waals surface area contributed by atoms with Crippen molar-refractivity contribution in [3.63, 3.8) is 0 Å². The van der Waals surface area contributed by atoms with Crippen LogP contribution in [0.15, 0.2) is 39.9 Å². The monoisotopic (exact) mass is 309 g/mol. The number of alkyl halides is 1. The molecule has 0 radical (unpaired) electrons. The SMILES string of the molecule is COc1ccc(-c2ccc(C(=O)C(Cl)N=O)o2)cc1OC. The molecule has 1 aromatic carbocycles. The highest BCUT2D eigenvalue weighted by molar-refractivity contribution is 6.33. The molecule has 0 aliphatic rings. The minimum atomic E-state index is -1.49. The van der Waals surface area contributed by atoms with E-state index in [1.165, 1.54) is 20.3 Å². The Kier molecular flexibility index (Phi) is 4.59. The van der Waals surface area contributed by atoms with Gasteiger partial charge in [-0.3, -0.25) is 4.79 Å². The van der Waals surface area contributed by atoms with Crippen molar-refractivity contribution in [1.29, 1.82) is 0 Å². The van der Waals surface area contributed by atoms with Crippen molar-refractivity contribution in [1.82, 2.24) is 0 Å². The van der Waals surface area contributed by atoms with E-state index in [-0.39, 0.29) is 5.76 Å². The molecule has 1 atom stereocenters. The summed E-state index contributed by atoms with van der Waals surface area (Å²) in [7, 11) is 3.06. The van der Waals surface area contributed by atoms with E-state index in [4.69, 9.17) is 25.5 Å². The van der Waals surface area contributed by atoms with Gasteiger partial charge in [0, 0.05) is 5.56 Å². The van der Waals surface area contributed by atoms with Crippen molar-refractivity contribution in [2.45, 2.75) is 5.50 Å². The van der Waals surface area contributed by atoms with Crippen LogP contribution in [0.4, 0.5) is 0 Å². The Morgan fingerprint density at radius 3 is 2.52 bits per heavy atom. The van der Waals surface area contributed by atoms with Gasteiger partial charge in [0.1, 0.15) is 5.76 Å². The molecule has 0 saturated heterocycles. The summed E-state index contributed by atoms with van der Waals surface area (Å²) in [4.78, 5) is 22.0. The molecule has 0 bridgehead atoms. The fraction of sp³-hybridized carbons (Fsp3) is 0.214. The van der Waals surface area contributed by atoms with E-state index in [0.29, 0.717) is 22.8 Å². The number of nitroso groups, excluding NO2 is 1. The number of benzene rings is 1. The summed E-state index contributed by atoms with van der Waals surface area (Å²) in [6.45, 7) is 0. The number of ketones is 1. The Balaban J connectivity index is 2.33. The van der Waals surface area contributed by atoms with Crippen molar-refractivity contribution in [2.24, 2.45) is 5.18 Å². The summed E-state index contributed by atoms with van der Waals surface area (Å²) in [6, 6.07) is 8.22. The second-order valence-electron chi connectivity index (χ2n) is 4.04. The minimum absolute atomic E-state index is 0.0283. The maximum absolute atomic E-state index is 11.7. The molecular weight excluding hydrogens is 298 g/mol. The van der Waals surface area contributed by atoms with Crippen LogP contribution in [0.2, 0.25) is 0 Å². The molecule has 0 N–H and O–H groups in total. The fourth-order valence-electron chi connectivity index (χ4n) is 1.78. The van der Waals surface area contributed by atoms with E-state index in [0.717, 1.165) is 0 Å². The number of carbonyl (C=O) groups excluding carboxylic acids is 1. The maximum atomic E-state index is 11.7. The first-order chi connectivity index (χ1) is 10.1. The number of methoxy groups -OCH3 is 2. The van der Waals surface area contributed by atoms with E-state index in [9.17, 15) is 9.70 Å². The average Bonchev–Trinajstić information content (AvgIpc) is 3.02. The Labute approximate surface area is 125 Å². The Hall–Kier alpha value is -2.34. The van der Waals surface area contributed by atoms with Gasteiger partial charge in [-0.1, -0.05) is 11.6 Å². The summed E-state index contributed by atoms with van der Waals surface area (Å²) >= 11 is 5.47. The normalized spacial score (nSPS) is 11.8. The number of furan rings is 1. The largest absolute Gasteiger partial charge is 0.493 e. The lowest BCUT2D eigenvalue weighted by atomic mass is 10.1. The van der Waals surface area contributed by atoms with Crippen molar-refractivity contribution in [3.8, 4) is 22.8 Å². The Morgan fingerprint density at radius 1 is 1.19 bits per heavy atom. The summed E-state index contributed by atoms with van der Waals surface area (Å²) in [5.74, 6) is 0.839. The van der Waals surface area contributed by atoms with Gasteiger partial charge in [-0.05, 0) is 35.5 Å². The standard InChI is InChI=1S/C14H12ClNO5/c1-19-10-4-3-8(7-12(10)20-2)9-5-6-11(21-9)13(17)14(15)16-18/h3-7,14H,1-2H3. The molecule has 1 aromatic heterocycles. The number of ether oxygens (including phenoxy) is 2. The summed E-state index contributed by atoms with van der Waals surface area (Å²) in [6.07, 6.45) is 0. The highest BCUT2D eigenvalue weighted by Crippen LogP contribution is 2.33. The van der Waals surface area contributed by atoms with Crippen LogP contribution in [0.3, 0.4) is 0 Å². The number of hydrogen-bond acceptors (Lipinski definition) is 6. The topological polar surface area (TPSA) is 78.1 Å². The van der Waals surface area contributed by atoms with Crippen LogP contribution in [0.5, 0.6) is 11.5 Å². The van der Waals surface area contributed by atoms with Crippen LogP contribution in [0.25, 0.3) is 11.3 Å². The molecular formula is C14H12ClNO5. The molecule has 0 aliphatic carbocycles. The first kappa shape index (κ1) is 15.1. The van der Waals surface area contributed by atoms with E-state index in [1.807, 2.05) is 0 Å². The second-order valence-corrected chi connectivity index (χ2v) is 4.45. The van der Waals surface area contributed by atoms with E-state index in [2.05, 4.69) is 5.18 Å². The summed E-state index contributed by atoms with van der Waals surface area (Å²) in [5.41, 5.74) is -0.800. The zero-order chi connectivity index (χ0) is 15.4. The van der Waals surface area contributed by atoms with Gasteiger partial charge in [-0.25, -0.2) is 0 Å². The van der Waals surface area contributed by atoms with Gasteiger partial charge in [0.2, 0.25) is 11.3 Å². The smallest absolute Gasteiger partial charge is 0.241 e. The molecule has 0 fully saturated rings. The van der Waals surface area contributed by atoms with E-state index < -0.39 is 11.3 Å². The number of Topliss-reactive ketones (excluding diaryl/α,β-unsaturated/α-hetero) is 1. The minimum Gasteiger partial charge on any atom is -0.493 e. The number of halogens is 1. The molecule has 0 saturated carbocycles. The van der Waals surface area contributed by atoms with Gasteiger partial charge >= 0.3 is 0 Å². The van der Waals surface area contributed by atoms with Crippen molar-refractivity contribution < 1.29 is 18.7 Å². The Bertz CT molecular complexity index is 667. The molecule has 6 nitrogen and oxygen atoms in total. The van der Waals surface area contributed by atoms with Crippen molar-refractivity contribution >= 4 is 17.4 Å². The summed E-state index contributed by atoms with van der Waals surface area (Å²) in [5, 5.41) is 2.47. The van der Waals surface area contributed by atoms with Crippen LogP contribution < -0.4 is 9.47 Å². The lowest BCUT2D eigenvalue weighted by Crippen LogP contribution is -2.10. The molecule has 0 amide bonds. The van der Waals surface area contributed by atoms with Crippen LogP contribution in [-0.2, 0) is 0 Å². The fourth-order valence-corrected chi connectivity index (χ4v) is 1.89. The zero-order valence-corrected chi connectivity index (χ0v) is 12.1. The lowest BCUT2D eigenvalue weighted by molar-refractivity contribution is 0.0963. The number of hydrogen-bond donors (Lipinski definition) is 0. The molecule has 2 rings (SSSR count). The van der Waals surface area contributed by atoms with Gasteiger partial charge in [-0.2, -0.15) is 0 Å². The second kappa shape index (κ2) is 6.41. The summed E-state index contributed by atoms with van der Waals surface area (Å²) < 4.78 is 15.7. The van der Waals surface area contributed by atoms with Crippen molar-refractivity contribution in [3.05, 3.63) is 41.0 Å². The van der Waals surface area contributed by atoms with Crippen LogP contribution in [-0.4, -0.2) is 25.5 Å². The molecule has 1 heterocycles. The highest BCUT2D eigenvalue weighted by Gasteiger charge is 2.21. The van der Waals surface area contributed by atoms with Gasteiger partial charge < -0.3 is 13.9 Å². The van der Waals surface area contributed by atoms with Crippen LogP contribution in [0, 0.1) is 4.91 Å². The van der Waals surface area contributed by atoms with E-state index in [1.54, 1.807) is 24.3 Å². The predicted molar refractivity (Wildman–Crippen MR) is 77.0 cm³/mol. The number of rotatable bonds is 6. The quantitative estimate of drug-likeness (QED) is 0.353. The van der Waals surface area contributed by atoms with Gasteiger partial charge in [0.15, 0.2) is 17.3 Å². The molecule has 110 valence electrons. The highest BCUT2D eigenvalue weighted by atomic mass is 35.5. The third kappa shape index (κ3) is 3.05. The first-order valence-electron chi connectivity index (χ1n) is 5.93. The molecule has 7 heteroatoms. The van der Waals surface area contributed by atoms with Gasteiger partial charge in [0.25, 0.3) is 0 Å². The molecule has 21 heavy (non-hydrogen) atoms. The van der Waals surface area contributed by atoms with Crippen LogP contribution in [0.1, 0.15) is 10.6 Å². The van der Waals surface area contributed by atoms with Gasteiger partial charge in [-0.15, -0.1) is 4.91 Å². The zero-order valence-electron chi connectivity index (χ0n) is 11.3. The predicted octanol–water partition coefficient (Wildman–Crippen LogP) is 3.48. The van der Waals surface area contributed by atoms with Crippen molar-refractivity contribution in [2.75, 3.05) is 14.2 Å². The number of carbonyl (C=O) groups is 1. The molecule has 0 spiro atoms. The maximum Gasteiger partial charge on any atom is 0.241 e. The van der Waals surface area contributed by atoms with Gasteiger partial charge in [0.05, 0.1) is 14.2 Å². The average molecular weight is 310 g/mol. The van der Waals surface area contributed by atoms with Crippen LogP contribution >= 0.6 is 11.6 Å². The molecule has 2 aromatic rings. The molecule has 0 aliphatic heterocycles. The third-order valence-electron chi connectivity index (χ3n) is 2.83. The third-order valence-corrected chi connectivity index (χ3v) is 3.10. The van der Waals surface area contributed by atoms with E-state index >= 15 is 0 Å². The Morgan fingerprint density at radius 2 is 1.90 bits per heavy atom. The first-order valence-corrected chi connectivity index (χ1v) is 6.37. The molecule has 1 unspecified atom stereocenters. The number of nitrogens with zero attached hydrogens (tertiary/aromatic N) is 1.